The van der Waals surface area contributed by atoms with E-state index in [-0.39, 0.29) is 12.5 Å². The van der Waals surface area contributed by atoms with Gasteiger partial charge in [-0.05, 0) is 19.4 Å². The molecule has 1 heterocycles. The summed E-state index contributed by atoms with van der Waals surface area (Å²) in [5, 5.41) is 5.32. The van der Waals surface area contributed by atoms with E-state index in [1.165, 1.54) is 5.06 Å². The zero-order valence-corrected chi connectivity index (χ0v) is 13.1. The molecule has 0 saturated carbocycles. The van der Waals surface area contributed by atoms with Crippen LogP contribution < -0.4 is 0 Å². The van der Waals surface area contributed by atoms with Gasteiger partial charge >= 0.3 is 0 Å². The van der Waals surface area contributed by atoms with Crippen LogP contribution in [0.25, 0.3) is 0 Å². The molecule has 0 bridgehead atoms. The van der Waals surface area contributed by atoms with Crippen LogP contribution in [0.15, 0.2) is 65.8 Å². The molecule has 0 N–H and O–H groups in total. The van der Waals surface area contributed by atoms with Gasteiger partial charge in [-0.25, -0.2) is 0 Å². The maximum absolute atomic E-state index is 12.6. The number of carbonyl (C=O) groups is 1. The zero-order chi connectivity index (χ0) is 16.3. The Hall–Kier alpha value is -2.66. The second-order valence-electron chi connectivity index (χ2n) is 5.74. The highest BCUT2D eigenvalue weighted by molar-refractivity contribution is 6.09. The van der Waals surface area contributed by atoms with Crippen molar-refractivity contribution in [1.29, 1.82) is 0 Å². The number of amides is 1. The van der Waals surface area contributed by atoms with Crippen molar-refractivity contribution >= 4 is 11.7 Å². The van der Waals surface area contributed by atoms with Gasteiger partial charge in [0.25, 0.3) is 5.91 Å². The van der Waals surface area contributed by atoms with Gasteiger partial charge in [-0.2, -0.15) is 5.06 Å². The maximum Gasteiger partial charge on any atom is 0.298 e. The molecule has 3 rings (SSSR count). The molecule has 1 aliphatic rings. The van der Waals surface area contributed by atoms with Crippen molar-refractivity contribution in [3.63, 3.8) is 0 Å². The molecule has 0 aromatic heterocycles. The summed E-state index contributed by atoms with van der Waals surface area (Å²) in [5.41, 5.74) is 0.663. The number of benzene rings is 2. The van der Waals surface area contributed by atoms with E-state index in [1.54, 1.807) is 13.8 Å². The first kappa shape index (κ1) is 15.2. The fourth-order valence-corrected chi connectivity index (χ4v) is 2.16. The molecule has 0 atom stereocenters. The molecule has 5 heteroatoms. The van der Waals surface area contributed by atoms with Crippen LogP contribution in [-0.4, -0.2) is 22.4 Å². The molecule has 118 valence electrons. The summed E-state index contributed by atoms with van der Waals surface area (Å²) in [6.07, 6.45) is 0. The van der Waals surface area contributed by atoms with E-state index < -0.39 is 5.60 Å². The molecule has 1 aliphatic heterocycles. The second-order valence-corrected chi connectivity index (χ2v) is 5.74. The van der Waals surface area contributed by atoms with Crippen molar-refractivity contribution in [3.05, 3.63) is 71.8 Å². The molecule has 1 amide bonds. The summed E-state index contributed by atoms with van der Waals surface area (Å²) in [4.78, 5) is 23.7. The average molecular weight is 310 g/mol. The van der Waals surface area contributed by atoms with Crippen LogP contribution in [0.5, 0.6) is 0 Å². The summed E-state index contributed by atoms with van der Waals surface area (Å²) in [5.74, 6) is 0.0631. The van der Waals surface area contributed by atoms with Crippen LogP contribution in [0.1, 0.15) is 25.0 Å². The predicted molar refractivity (Wildman–Crippen MR) is 86.2 cm³/mol. The molecule has 23 heavy (non-hydrogen) atoms. The number of carbonyl (C=O) groups excluding carboxylic acids is 1. The smallest absolute Gasteiger partial charge is 0.298 e. The first-order chi connectivity index (χ1) is 11.1. The van der Waals surface area contributed by atoms with Gasteiger partial charge in [-0.3, -0.25) is 9.63 Å². The lowest BCUT2D eigenvalue weighted by molar-refractivity contribution is -0.196. The van der Waals surface area contributed by atoms with E-state index >= 15 is 0 Å². The fraction of sp³-hybridized carbons (Fsp3) is 0.222. The first-order valence-electron chi connectivity index (χ1n) is 7.41. The minimum absolute atomic E-state index is 0.272. The fourth-order valence-electron chi connectivity index (χ4n) is 2.16. The molecule has 0 spiro atoms. The van der Waals surface area contributed by atoms with E-state index in [0.717, 1.165) is 11.1 Å². The molecule has 5 nitrogen and oxygen atoms in total. The van der Waals surface area contributed by atoms with Crippen LogP contribution in [0.3, 0.4) is 0 Å². The van der Waals surface area contributed by atoms with E-state index in [0.29, 0.717) is 5.84 Å². The van der Waals surface area contributed by atoms with Crippen molar-refractivity contribution in [1.82, 2.24) is 5.06 Å². The summed E-state index contributed by atoms with van der Waals surface area (Å²) < 4.78 is 0. The number of hydrogen-bond acceptors (Lipinski definition) is 4. The molecule has 0 saturated heterocycles. The molecule has 0 unspecified atom stereocenters. The number of oxime groups is 1. The van der Waals surface area contributed by atoms with Gasteiger partial charge in [0, 0.05) is 5.56 Å². The normalized spacial score (nSPS) is 16.7. The Bertz CT molecular complexity index is 712. The van der Waals surface area contributed by atoms with Gasteiger partial charge in [-0.1, -0.05) is 65.8 Å². The van der Waals surface area contributed by atoms with Crippen molar-refractivity contribution in [2.24, 2.45) is 5.16 Å². The zero-order valence-electron chi connectivity index (χ0n) is 13.1. The van der Waals surface area contributed by atoms with Gasteiger partial charge in [0.2, 0.25) is 11.4 Å². The van der Waals surface area contributed by atoms with Crippen molar-refractivity contribution < 1.29 is 14.5 Å². The van der Waals surface area contributed by atoms with Crippen LogP contribution in [0.2, 0.25) is 0 Å². The maximum atomic E-state index is 12.6. The monoisotopic (exact) mass is 310 g/mol. The first-order valence-corrected chi connectivity index (χ1v) is 7.41. The SMILES string of the molecule is CC1(C)ON=C(c2ccccc2)N(OCc2ccccc2)C1=O. The third kappa shape index (κ3) is 3.24. The van der Waals surface area contributed by atoms with Crippen LogP contribution in [-0.2, 0) is 21.1 Å². The Labute approximate surface area is 135 Å². The minimum Gasteiger partial charge on any atom is -0.378 e. The Balaban J connectivity index is 1.87. The Morgan fingerprint density at radius 3 is 2.30 bits per heavy atom. The van der Waals surface area contributed by atoms with Crippen LogP contribution >= 0.6 is 0 Å². The summed E-state index contributed by atoms with van der Waals surface area (Å²) in [7, 11) is 0. The summed E-state index contributed by atoms with van der Waals surface area (Å²) in [6, 6.07) is 19.0. The lowest BCUT2D eigenvalue weighted by atomic mass is 10.1. The molecule has 0 radical (unpaired) electrons. The number of rotatable bonds is 4. The lowest BCUT2D eigenvalue weighted by Gasteiger charge is -2.34. The highest BCUT2D eigenvalue weighted by Crippen LogP contribution is 2.23. The molecular formula is C18H18N2O3. The Morgan fingerprint density at radius 1 is 1.04 bits per heavy atom. The van der Waals surface area contributed by atoms with Crippen LogP contribution in [0, 0.1) is 0 Å². The average Bonchev–Trinajstić information content (AvgIpc) is 2.58. The minimum atomic E-state index is -1.06. The number of hydrogen-bond donors (Lipinski definition) is 0. The molecule has 0 aliphatic carbocycles. The highest BCUT2D eigenvalue weighted by atomic mass is 16.7. The molecule has 2 aromatic rings. The second kappa shape index (κ2) is 6.22. The number of amidine groups is 1. The van der Waals surface area contributed by atoms with E-state index in [2.05, 4.69) is 5.16 Å². The topological polar surface area (TPSA) is 51.1 Å². The lowest BCUT2D eigenvalue weighted by Crippen LogP contribution is -2.52. The number of nitrogens with zero attached hydrogens (tertiary/aromatic N) is 2. The molecular weight excluding hydrogens is 292 g/mol. The Kier molecular flexibility index (Phi) is 4.12. The van der Waals surface area contributed by atoms with E-state index in [9.17, 15) is 4.79 Å². The van der Waals surface area contributed by atoms with Crippen molar-refractivity contribution in [2.75, 3.05) is 0 Å². The van der Waals surface area contributed by atoms with E-state index in [1.807, 2.05) is 60.7 Å². The third-order valence-corrected chi connectivity index (χ3v) is 3.49. The van der Waals surface area contributed by atoms with Crippen LogP contribution in [0.4, 0.5) is 0 Å². The van der Waals surface area contributed by atoms with Gasteiger partial charge in [0.05, 0.1) is 0 Å². The van der Waals surface area contributed by atoms with E-state index in [4.69, 9.17) is 9.68 Å². The highest BCUT2D eigenvalue weighted by Gasteiger charge is 2.42. The van der Waals surface area contributed by atoms with Gasteiger partial charge < -0.3 is 4.84 Å². The molecule has 0 fully saturated rings. The third-order valence-electron chi connectivity index (χ3n) is 3.49. The summed E-state index contributed by atoms with van der Waals surface area (Å²) in [6.45, 7) is 3.60. The molecule has 2 aromatic carbocycles. The van der Waals surface area contributed by atoms with Gasteiger partial charge in [0.15, 0.2) is 0 Å². The van der Waals surface area contributed by atoms with Gasteiger partial charge in [0.1, 0.15) is 6.61 Å². The van der Waals surface area contributed by atoms with Crippen molar-refractivity contribution in [2.45, 2.75) is 26.1 Å². The van der Waals surface area contributed by atoms with Gasteiger partial charge in [-0.15, -0.1) is 0 Å². The Morgan fingerprint density at radius 2 is 1.65 bits per heavy atom. The predicted octanol–water partition coefficient (Wildman–Crippen LogP) is 3.12. The van der Waals surface area contributed by atoms with Crippen molar-refractivity contribution in [3.8, 4) is 0 Å². The quantitative estimate of drug-likeness (QED) is 0.872. The summed E-state index contributed by atoms with van der Waals surface area (Å²) >= 11 is 0. The standard InChI is InChI=1S/C18H18N2O3/c1-18(2)17(21)20(22-13-14-9-5-3-6-10-14)16(19-23-18)15-11-7-4-8-12-15/h3-12H,13H2,1-2H3. The number of hydroxylamine groups is 2. The largest absolute Gasteiger partial charge is 0.378 e.